The summed E-state index contributed by atoms with van der Waals surface area (Å²) in [6.45, 7) is 2.17. The fourth-order valence-electron chi connectivity index (χ4n) is 2.07. The van der Waals surface area contributed by atoms with Gasteiger partial charge in [0, 0.05) is 22.9 Å². The fraction of sp³-hybridized carbons (Fsp3) is 0.400. The van der Waals surface area contributed by atoms with E-state index in [4.69, 9.17) is 10.7 Å². The van der Waals surface area contributed by atoms with Crippen molar-refractivity contribution in [2.75, 3.05) is 0 Å². The van der Waals surface area contributed by atoms with Gasteiger partial charge in [-0.25, -0.2) is 4.98 Å². The first-order chi connectivity index (χ1) is 8.68. The summed E-state index contributed by atoms with van der Waals surface area (Å²) in [4.78, 5) is 4.70. The van der Waals surface area contributed by atoms with Gasteiger partial charge in [-0.3, -0.25) is 0 Å². The molecule has 0 atom stereocenters. The largest absolute Gasteiger partial charge is 0.325 e. The van der Waals surface area contributed by atoms with Gasteiger partial charge in [-0.1, -0.05) is 31.2 Å². The standard InChI is InChI=1S/C15H18N2S/c1-2-11-3-5-12(6-4-11)13-10-18-14(17-13)9-15(16)7-8-15/h3-6,10H,2,7-9,16H2,1H3. The molecule has 2 nitrogen and oxygen atoms in total. The molecule has 1 aliphatic carbocycles. The second-order valence-electron chi connectivity index (χ2n) is 5.22. The molecular formula is C15H18N2S. The van der Waals surface area contributed by atoms with Crippen LogP contribution in [0.2, 0.25) is 0 Å². The Hall–Kier alpha value is -1.19. The molecule has 2 aromatic rings. The van der Waals surface area contributed by atoms with Crippen LogP contribution >= 0.6 is 11.3 Å². The number of hydrogen-bond acceptors (Lipinski definition) is 3. The average Bonchev–Trinajstić information content (AvgIpc) is 2.93. The minimum absolute atomic E-state index is 0.0567. The van der Waals surface area contributed by atoms with E-state index in [9.17, 15) is 0 Å². The maximum absolute atomic E-state index is 6.13. The molecule has 1 fully saturated rings. The molecule has 0 spiro atoms. The summed E-state index contributed by atoms with van der Waals surface area (Å²) in [6, 6.07) is 8.68. The maximum atomic E-state index is 6.13. The van der Waals surface area contributed by atoms with Gasteiger partial charge < -0.3 is 5.73 Å². The number of rotatable bonds is 4. The predicted octanol–water partition coefficient (Wildman–Crippen LogP) is 3.41. The van der Waals surface area contributed by atoms with Gasteiger partial charge in [0.15, 0.2) is 0 Å². The number of aryl methyl sites for hydroxylation is 1. The first-order valence-electron chi connectivity index (χ1n) is 6.51. The molecule has 1 aromatic carbocycles. The van der Waals surface area contributed by atoms with Gasteiger partial charge in [-0.2, -0.15) is 0 Å². The van der Waals surface area contributed by atoms with Gasteiger partial charge in [0.25, 0.3) is 0 Å². The third-order valence-corrected chi connectivity index (χ3v) is 4.45. The Labute approximate surface area is 112 Å². The Morgan fingerprint density at radius 1 is 1.28 bits per heavy atom. The average molecular weight is 258 g/mol. The van der Waals surface area contributed by atoms with Gasteiger partial charge in [0.1, 0.15) is 0 Å². The van der Waals surface area contributed by atoms with Crippen LogP contribution in [0.15, 0.2) is 29.6 Å². The van der Waals surface area contributed by atoms with Crippen LogP contribution in [-0.2, 0) is 12.8 Å². The van der Waals surface area contributed by atoms with Gasteiger partial charge in [-0.15, -0.1) is 11.3 Å². The van der Waals surface area contributed by atoms with Crippen molar-refractivity contribution in [1.82, 2.24) is 4.98 Å². The molecule has 0 saturated heterocycles. The van der Waals surface area contributed by atoms with E-state index in [1.54, 1.807) is 11.3 Å². The lowest BCUT2D eigenvalue weighted by Gasteiger charge is -2.04. The van der Waals surface area contributed by atoms with Crippen molar-refractivity contribution >= 4 is 11.3 Å². The van der Waals surface area contributed by atoms with E-state index in [1.807, 2.05) is 0 Å². The predicted molar refractivity (Wildman–Crippen MR) is 76.8 cm³/mol. The Balaban J connectivity index is 1.78. The highest BCUT2D eigenvalue weighted by Crippen LogP contribution is 2.36. The summed E-state index contributed by atoms with van der Waals surface area (Å²) in [7, 11) is 0. The first-order valence-corrected chi connectivity index (χ1v) is 7.39. The smallest absolute Gasteiger partial charge is 0.0950 e. The minimum Gasteiger partial charge on any atom is -0.325 e. The summed E-state index contributed by atoms with van der Waals surface area (Å²) in [5, 5.41) is 3.31. The van der Waals surface area contributed by atoms with E-state index < -0.39 is 0 Å². The molecule has 1 saturated carbocycles. The van der Waals surface area contributed by atoms with Crippen LogP contribution in [0.25, 0.3) is 11.3 Å². The third kappa shape index (κ3) is 2.47. The molecule has 1 heterocycles. The molecule has 1 aliphatic rings. The van der Waals surface area contributed by atoms with E-state index in [-0.39, 0.29) is 5.54 Å². The van der Waals surface area contributed by atoms with Crippen LogP contribution < -0.4 is 5.73 Å². The van der Waals surface area contributed by atoms with Crippen molar-refractivity contribution in [3.05, 3.63) is 40.2 Å². The molecule has 18 heavy (non-hydrogen) atoms. The molecule has 0 radical (unpaired) electrons. The van der Waals surface area contributed by atoms with Gasteiger partial charge >= 0.3 is 0 Å². The van der Waals surface area contributed by atoms with E-state index in [0.717, 1.165) is 31.4 Å². The normalized spacial score (nSPS) is 16.8. The maximum Gasteiger partial charge on any atom is 0.0950 e. The van der Waals surface area contributed by atoms with Gasteiger partial charge in [0.2, 0.25) is 0 Å². The zero-order valence-corrected chi connectivity index (χ0v) is 11.5. The number of thiazole rings is 1. The van der Waals surface area contributed by atoms with Crippen molar-refractivity contribution in [1.29, 1.82) is 0 Å². The van der Waals surface area contributed by atoms with Crippen molar-refractivity contribution in [3.8, 4) is 11.3 Å². The Morgan fingerprint density at radius 3 is 2.61 bits per heavy atom. The van der Waals surface area contributed by atoms with E-state index in [0.29, 0.717) is 0 Å². The van der Waals surface area contributed by atoms with E-state index >= 15 is 0 Å². The molecular weight excluding hydrogens is 240 g/mol. The molecule has 2 N–H and O–H groups in total. The highest BCUT2D eigenvalue weighted by atomic mass is 32.1. The third-order valence-electron chi connectivity index (χ3n) is 3.61. The number of nitrogens with zero attached hydrogens (tertiary/aromatic N) is 1. The van der Waals surface area contributed by atoms with Gasteiger partial charge in [-0.05, 0) is 24.8 Å². The SMILES string of the molecule is CCc1ccc(-c2csc(CC3(N)CC3)n2)cc1. The Kier molecular flexibility index (Phi) is 2.96. The lowest BCUT2D eigenvalue weighted by atomic mass is 10.1. The first kappa shape index (κ1) is 11.9. The van der Waals surface area contributed by atoms with Crippen LogP contribution in [0.3, 0.4) is 0 Å². The van der Waals surface area contributed by atoms with Crippen LogP contribution in [0.1, 0.15) is 30.3 Å². The molecule has 0 unspecified atom stereocenters. The van der Waals surface area contributed by atoms with Crippen LogP contribution in [0, 0.1) is 0 Å². The molecule has 3 rings (SSSR count). The van der Waals surface area contributed by atoms with Crippen molar-refractivity contribution in [2.45, 2.75) is 38.1 Å². The summed E-state index contributed by atoms with van der Waals surface area (Å²) in [5.74, 6) is 0. The van der Waals surface area contributed by atoms with Gasteiger partial charge in [0.05, 0.1) is 10.7 Å². The summed E-state index contributed by atoms with van der Waals surface area (Å²) >= 11 is 1.73. The summed E-state index contributed by atoms with van der Waals surface area (Å²) < 4.78 is 0. The van der Waals surface area contributed by atoms with Crippen LogP contribution in [0.5, 0.6) is 0 Å². The molecule has 1 aromatic heterocycles. The highest BCUT2D eigenvalue weighted by Gasteiger charge is 2.38. The number of hydrogen-bond donors (Lipinski definition) is 1. The molecule has 0 aliphatic heterocycles. The quantitative estimate of drug-likeness (QED) is 0.912. The second-order valence-corrected chi connectivity index (χ2v) is 6.16. The molecule has 0 amide bonds. The van der Waals surface area contributed by atoms with Crippen LogP contribution in [-0.4, -0.2) is 10.5 Å². The topological polar surface area (TPSA) is 38.9 Å². The highest BCUT2D eigenvalue weighted by molar-refractivity contribution is 7.10. The second kappa shape index (κ2) is 4.48. The number of aromatic nitrogens is 1. The lowest BCUT2D eigenvalue weighted by molar-refractivity contribution is 0.669. The Bertz CT molecular complexity index is 538. The fourth-order valence-corrected chi connectivity index (χ4v) is 3.03. The van der Waals surface area contributed by atoms with Crippen molar-refractivity contribution in [3.63, 3.8) is 0 Å². The van der Waals surface area contributed by atoms with Crippen molar-refractivity contribution < 1.29 is 0 Å². The lowest BCUT2D eigenvalue weighted by Crippen LogP contribution is -2.24. The zero-order chi connectivity index (χ0) is 12.6. The van der Waals surface area contributed by atoms with Crippen molar-refractivity contribution in [2.24, 2.45) is 5.73 Å². The monoisotopic (exact) mass is 258 g/mol. The summed E-state index contributed by atoms with van der Waals surface area (Å²) in [6.07, 6.45) is 4.31. The number of benzene rings is 1. The zero-order valence-electron chi connectivity index (χ0n) is 10.6. The minimum atomic E-state index is 0.0567. The number of nitrogens with two attached hydrogens (primary N) is 1. The van der Waals surface area contributed by atoms with E-state index in [2.05, 4.69) is 36.6 Å². The Morgan fingerprint density at radius 2 is 2.00 bits per heavy atom. The van der Waals surface area contributed by atoms with Crippen LogP contribution in [0.4, 0.5) is 0 Å². The molecule has 3 heteroatoms. The molecule has 0 bridgehead atoms. The summed E-state index contributed by atoms with van der Waals surface area (Å²) in [5.41, 5.74) is 9.85. The van der Waals surface area contributed by atoms with E-state index in [1.165, 1.54) is 16.1 Å². The molecule has 94 valence electrons.